The molecule has 1 aromatic heterocycles. The van der Waals surface area contributed by atoms with Crippen LogP contribution in [0.2, 0.25) is 5.02 Å². The number of halogens is 1. The molecule has 1 amide bonds. The number of benzene rings is 1. The maximum atomic E-state index is 12.1. The van der Waals surface area contributed by atoms with Crippen molar-refractivity contribution < 1.29 is 9.21 Å². The number of hydrogen-bond acceptors (Lipinski definition) is 3. The zero-order chi connectivity index (χ0) is 14.1. The number of hydrogen-bond donors (Lipinski definition) is 1. The van der Waals surface area contributed by atoms with Gasteiger partial charge in [-0.15, -0.1) is 0 Å². The molecule has 0 radical (unpaired) electrons. The zero-order valence-corrected chi connectivity index (χ0v) is 11.9. The lowest BCUT2D eigenvalue weighted by Crippen LogP contribution is -2.45. The van der Waals surface area contributed by atoms with Crippen molar-refractivity contribution in [3.05, 3.63) is 52.7 Å². The highest BCUT2D eigenvalue weighted by atomic mass is 35.5. The number of amides is 1. The number of nitrogens with one attached hydrogen (secondary N) is 1. The Hall–Kier alpha value is -1.81. The van der Waals surface area contributed by atoms with Crippen molar-refractivity contribution in [2.45, 2.75) is 31.7 Å². The van der Waals surface area contributed by atoms with Crippen LogP contribution in [0.25, 0.3) is 0 Å². The van der Waals surface area contributed by atoms with Crippen molar-refractivity contribution in [3.63, 3.8) is 0 Å². The molecule has 0 bridgehead atoms. The highest BCUT2D eigenvalue weighted by Gasteiger charge is 2.34. The van der Waals surface area contributed by atoms with E-state index in [0.29, 0.717) is 17.4 Å². The summed E-state index contributed by atoms with van der Waals surface area (Å²) in [7, 11) is 0. The first-order valence-corrected chi connectivity index (χ1v) is 6.99. The van der Waals surface area contributed by atoms with E-state index in [1.807, 2.05) is 24.3 Å². The number of aryl methyl sites for hydroxylation is 1. The molecule has 1 aliphatic rings. The fourth-order valence-electron chi connectivity index (χ4n) is 2.54. The Balaban J connectivity index is 1.68. The molecule has 1 saturated carbocycles. The van der Waals surface area contributed by atoms with E-state index in [0.717, 1.165) is 17.9 Å². The summed E-state index contributed by atoms with van der Waals surface area (Å²) in [6.45, 7) is 1.76. The number of nitrogens with zero attached hydrogens (tertiary/aromatic N) is 1. The van der Waals surface area contributed by atoms with Crippen molar-refractivity contribution >= 4 is 17.5 Å². The molecule has 20 heavy (non-hydrogen) atoms. The summed E-state index contributed by atoms with van der Waals surface area (Å²) in [5.41, 5.74) is 1.82. The Morgan fingerprint density at radius 3 is 2.65 bits per heavy atom. The van der Waals surface area contributed by atoms with E-state index in [1.165, 1.54) is 12.0 Å². The highest BCUT2D eigenvalue weighted by Crippen LogP contribution is 2.37. The van der Waals surface area contributed by atoms with Gasteiger partial charge in [-0.25, -0.2) is 4.98 Å². The first-order chi connectivity index (χ1) is 9.65. The van der Waals surface area contributed by atoms with Gasteiger partial charge in [0.05, 0.1) is 5.69 Å². The molecular formula is C15H15ClN2O2. The van der Waals surface area contributed by atoms with Gasteiger partial charge >= 0.3 is 0 Å². The van der Waals surface area contributed by atoms with E-state index in [9.17, 15) is 4.79 Å². The fraction of sp³-hybridized carbons (Fsp3) is 0.333. The molecule has 2 aromatic rings. The molecule has 5 heteroatoms. The summed E-state index contributed by atoms with van der Waals surface area (Å²) in [5.74, 6) is 0.454. The Morgan fingerprint density at radius 1 is 1.35 bits per heavy atom. The molecule has 0 saturated heterocycles. The first-order valence-electron chi connectivity index (χ1n) is 6.61. The zero-order valence-electron chi connectivity index (χ0n) is 11.1. The van der Waals surface area contributed by atoms with Gasteiger partial charge in [-0.2, -0.15) is 0 Å². The van der Waals surface area contributed by atoms with Crippen LogP contribution in [0.1, 0.15) is 40.6 Å². The molecule has 0 spiro atoms. The maximum absolute atomic E-state index is 12.1. The summed E-state index contributed by atoms with van der Waals surface area (Å²) in [6, 6.07) is 7.95. The average Bonchev–Trinajstić information content (AvgIpc) is 2.83. The Kier molecular flexibility index (Phi) is 3.49. The lowest BCUT2D eigenvalue weighted by molar-refractivity contribution is 0.0875. The van der Waals surface area contributed by atoms with Gasteiger partial charge < -0.3 is 9.73 Å². The second kappa shape index (κ2) is 5.29. The lowest BCUT2D eigenvalue weighted by atomic mass is 9.75. The molecule has 3 rings (SSSR count). The topological polar surface area (TPSA) is 55.1 Å². The van der Waals surface area contributed by atoms with Gasteiger partial charge in [0.1, 0.15) is 0 Å². The summed E-state index contributed by atoms with van der Waals surface area (Å²) in [4.78, 5) is 16.0. The molecular weight excluding hydrogens is 276 g/mol. The average molecular weight is 291 g/mol. The number of rotatable bonds is 3. The van der Waals surface area contributed by atoms with Crippen LogP contribution >= 0.6 is 11.6 Å². The second-order valence-corrected chi connectivity index (χ2v) is 5.52. The van der Waals surface area contributed by atoms with E-state index in [2.05, 4.69) is 10.3 Å². The van der Waals surface area contributed by atoms with Gasteiger partial charge in [0.2, 0.25) is 5.76 Å². The Morgan fingerprint density at radius 2 is 2.10 bits per heavy atom. The van der Waals surface area contributed by atoms with Crippen LogP contribution in [0, 0.1) is 6.92 Å². The standard InChI is InChI=1S/C15H15ClN2O2/c1-9-14(20-8-17-9)15(19)18-13-7-6-12(13)10-2-4-11(16)5-3-10/h2-5,8,12-13H,6-7H2,1H3,(H,18,19)/t12-,13-/m0/s1. The molecule has 1 aromatic carbocycles. The fourth-order valence-corrected chi connectivity index (χ4v) is 2.66. The van der Waals surface area contributed by atoms with Gasteiger partial charge in [0.25, 0.3) is 5.91 Å². The van der Waals surface area contributed by atoms with Crippen LogP contribution in [0.15, 0.2) is 35.1 Å². The van der Waals surface area contributed by atoms with E-state index in [1.54, 1.807) is 6.92 Å². The number of carbonyl (C=O) groups excluding carboxylic acids is 1. The minimum Gasteiger partial charge on any atom is -0.438 e. The van der Waals surface area contributed by atoms with Gasteiger partial charge in [0.15, 0.2) is 6.39 Å². The van der Waals surface area contributed by atoms with Crippen LogP contribution in [-0.4, -0.2) is 16.9 Å². The van der Waals surface area contributed by atoms with Crippen molar-refractivity contribution in [1.29, 1.82) is 0 Å². The summed E-state index contributed by atoms with van der Waals surface area (Å²) in [6.07, 6.45) is 3.34. The van der Waals surface area contributed by atoms with E-state index >= 15 is 0 Å². The molecule has 4 nitrogen and oxygen atoms in total. The Labute approximate surface area is 122 Å². The van der Waals surface area contributed by atoms with E-state index in [-0.39, 0.29) is 11.9 Å². The summed E-state index contributed by atoms with van der Waals surface area (Å²) in [5, 5.41) is 3.74. The molecule has 1 heterocycles. The number of aromatic nitrogens is 1. The Bertz CT molecular complexity index is 621. The van der Waals surface area contributed by atoms with Crippen molar-refractivity contribution in [2.75, 3.05) is 0 Å². The van der Waals surface area contributed by atoms with E-state index in [4.69, 9.17) is 16.0 Å². The van der Waals surface area contributed by atoms with Crippen LogP contribution in [-0.2, 0) is 0 Å². The predicted molar refractivity (Wildman–Crippen MR) is 75.9 cm³/mol. The van der Waals surface area contributed by atoms with Crippen LogP contribution < -0.4 is 5.32 Å². The number of carbonyl (C=O) groups is 1. The molecule has 104 valence electrons. The summed E-state index contributed by atoms with van der Waals surface area (Å²) < 4.78 is 5.11. The normalized spacial score (nSPS) is 21.3. The molecule has 0 unspecified atom stereocenters. The largest absolute Gasteiger partial charge is 0.438 e. The SMILES string of the molecule is Cc1ncoc1C(=O)N[C@H]1CC[C@H]1c1ccc(Cl)cc1. The van der Waals surface area contributed by atoms with Gasteiger partial charge in [0, 0.05) is 17.0 Å². The third kappa shape index (κ3) is 2.43. The first kappa shape index (κ1) is 13.2. The van der Waals surface area contributed by atoms with Crippen molar-refractivity contribution in [3.8, 4) is 0 Å². The van der Waals surface area contributed by atoms with Crippen molar-refractivity contribution in [1.82, 2.24) is 10.3 Å². The minimum absolute atomic E-state index is 0.146. The quantitative estimate of drug-likeness (QED) is 0.943. The molecule has 1 fully saturated rings. The molecule has 1 N–H and O–H groups in total. The van der Waals surface area contributed by atoms with Crippen molar-refractivity contribution in [2.24, 2.45) is 0 Å². The second-order valence-electron chi connectivity index (χ2n) is 5.08. The monoisotopic (exact) mass is 290 g/mol. The number of oxazole rings is 1. The molecule has 0 aliphatic heterocycles. The minimum atomic E-state index is -0.191. The van der Waals surface area contributed by atoms with Crippen LogP contribution in [0.4, 0.5) is 0 Å². The van der Waals surface area contributed by atoms with Gasteiger partial charge in [-0.3, -0.25) is 4.79 Å². The van der Waals surface area contributed by atoms with Crippen LogP contribution in [0.5, 0.6) is 0 Å². The van der Waals surface area contributed by atoms with Gasteiger partial charge in [-0.05, 0) is 37.5 Å². The highest BCUT2D eigenvalue weighted by molar-refractivity contribution is 6.30. The predicted octanol–water partition coefficient (Wildman–Crippen LogP) is 3.31. The smallest absolute Gasteiger partial charge is 0.289 e. The third-order valence-electron chi connectivity index (χ3n) is 3.84. The van der Waals surface area contributed by atoms with Crippen LogP contribution in [0.3, 0.4) is 0 Å². The maximum Gasteiger partial charge on any atom is 0.289 e. The lowest BCUT2D eigenvalue weighted by Gasteiger charge is -2.37. The van der Waals surface area contributed by atoms with E-state index < -0.39 is 0 Å². The third-order valence-corrected chi connectivity index (χ3v) is 4.09. The molecule has 1 aliphatic carbocycles. The van der Waals surface area contributed by atoms with Gasteiger partial charge in [-0.1, -0.05) is 23.7 Å². The summed E-state index contributed by atoms with van der Waals surface area (Å²) >= 11 is 5.89. The molecule has 2 atom stereocenters.